The van der Waals surface area contributed by atoms with Gasteiger partial charge in [0.05, 0.1) is 4.91 Å². The molecule has 1 rings (SSSR count). The molecule has 0 radical (unpaired) electrons. The number of ketones is 2. The van der Waals surface area contributed by atoms with Crippen LogP contribution >= 0.6 is 12.4 Å². The molecule has 0 bridgehead atoms. The number of hydrogen-bond donors (Lipinski definition) is 1. The van der Waals surface area contributed by atoms with Crippen molar-refractivity contribution in [3.05, 3.63) is 23.1 Å². The lowest BCUT2D eigenvalue weighted by atomic mass is 10.1. The van der Waals surface area contributed by atoms with Crippen molar-refractivity contribution in [2.75, 3.05) is 0 Å². The molecule has 15 heavy (non-hydrogen) atoms. The second kappa shape index (κ2) is 6.02. The van der Waals surface area contributed by atoms with Crippen molar-refractivity contribution < 1.29 is 22.6 Å². The first-order valence-electron chi connectivity index (χ1n) is 3.07. The minimum Gasteiger partial charge on any atom is -0.286 e. The highest BCUT2D eigenvalue weighted by Crippen LogP contribution is 2.10. The molecule has 1 N–H and O–H groups in total. The van der Waals surface area contributed by atoms with Gasteiger partial charge in [-0.15, -0.1) is 12.4 Å². The van der Waals surface area contributed by atoms with Crippen molar-refractivity contribution in [3.8, 4) is 0 Å². The summed E-state index contributed by atoms with van der Waals surface area (Å²) < 4.78 is 29.3. The number of rotatable bonds is 1. The molecule has 0 aromatic rings. The van der Waals surface area contributed by atoms with E-state index in [1.807, 2.05) is 0 Å². The third kappa shape index (κ3) is 4.46. The van der Waals surface area contributed by atoms with Gasteiger partial charge in [-0.25, -0.2) is 0 Å². The van der Waals surface area contributed by atoms with Gasteiger partial charge in [0.15, 0.2) is 0 Å². The number of hydrogen-bond acceptors (Lipinski definition) is 6. The highest BCUT2D eigenvalue weighted by Gasteiger charge is 2.20. The van der Waals surface area contributed by atoms with Crippen LogP contribution in [0.3, 0.4) is 0 Å². The molecule has 0 fully saturated rings. The molecule has 0 saturated carbocycles. The van der Waals surface area contributed by atoms with Gasteiger partial charge in [-0.2, -0.15) is 8.42 Å². The molecule has 0 aliphatic heterocycles. The standard InChI is InChI=1S/C6H4O5S.ClH.N2/c7-5-2-1-4(3-6(5)8)12(9,10)11;;1-2/h1-3H,(H,9,10,11);1H;. The van der Waals surface area contributed by atoms with E-state index in [-0.39, 0.29) is 12.4 Å². The molecule has 0 aromatic heterocycles. The minimum absolute atomic E-state index is 0. The van der Waals surface area contributed by atoms with E-state index < -0.39 is 26.6 Å². The number of nitrogens with zero attached hydrogens (tertiary/aromatic N) is 2. The summed E-state index contributed by atoms with van der Waals surface area (Å²) in [5.41, 5.74) is 0. The molecule has 0 spiro atoms. The topological polar surface area (TPSA) is 136 Å². The summed E-state index contributed by atoms with van der Waals surface area (Å²) in [7, 11) is -4.38. The number of allylic oxidation sites excluding steroid dienone is 3. The molecule has 82 valence electrons. The van der Waals surface area contributed by atoms with Gasteiger partial charge in [-0.05, 0) is 12.2 Å². The Balaban J connectivity index is 0. The highest BCUT2D eigenvalue weighted by molar-refractivity contribution is 7.90. The fourth-order valence-corrected chi connectivity index (χ4v) is 1.14. The fraction of sp³-hybridized carbons (Fsp3) is 0. The molecule has 1 aliphatic rings. The maximum atomic E-state index is 10.6. The lowest BCUT2D eigenvalue weighted by molar-refractivity contribution is -0.131. The molecule has 0 heterocycles. The van der Waals surface area contributed by atoms with Crippen LogP contribution in [0.2, 0.25) is 0 Å². The van der Waals surface area contributed by atoms with Crippen LogP contribution < -0.4 is 0 Å². The van der Waals surface area contributed by atoms with E-state index in [4.69, 9.17) is 15.3 Å². The molecular weight excluding hydrogens is 248 g/mol. The highest BCUT2D eigenvalue weighted by atomic mass is 35.5. The van der Waals surface area contributed by atoms with Crippen molar-refractivity contribution in [1.82, 2.24) is 0 Å². The van der Waals surface area contributed by atoms with Crippen molar-refractivity contribution in [1.29, 1.82) is 10.8 Å². The zero-order valence-electron chi connectivity index (χ0n) is 7.02. The first-order chi connectivity index (χ1) is 6.41. The Hall–Kier alpha value is -1.56. The average molecular weight is 253 g/mol. The van der Waals surface area contributed by atoms with E-state index in [1.165, 1.54) is 0 Å². The number of halogens is 1. The Bertz CT molecular complexity index is 447. The van der Waals surface area contributed by atoms with Gasteiger partial charge in [-0.1, -0.05) is 0 Å². The number of carbonyl (C=O) groups excluding carboxylic acids is 2. The number of carbonyl (C=O) groups is 2. The molecule has 0 unspecified atom stereocenters. The van der Waals surface area contributed by atoms with Crippen LogP contribution in [0.25, 0.3) is 0 Å². The maximum Gasteiger partial charge on any atom is 0.294 e. The summed E-state index contributed by atoms with van der Waals surface area (Å²) in [4.78, 5) is 20.5. The summed E-state index contributed by atoms with van der Waals surface area (Å²) >= 11 is 0. The van der Waals surface area contributed by atoms with Crippen molar-refractivity contribution >= 4 is 34.1 Å². The summed E-state index contributed by atoms with van der Waals surface area (Å²) in [6.07, 6.45) is 2.25. The molecule has 9 heteroatoms. The van der Waals surface area contributed by atoms with E-state index in [1.54, 1.807) is 0 Å². The Morgan fingerprint density at radius 2 is 1.53 bits per heavy atom. The van der Waals surface area contributed by atoms with Crippen LogP contribution in [-0.2, 0) is 19.7 Å². The summed E-state index contributed by atoms with van der Waals surface area (Å²) in [5, 5.41) is 12.0. The summed E-state index contributed by atoms with van der Waals surface area (Å²) in [6, 6.07) is 0. The Labute approximate surface area is 91.0 Å². The van der Waals surface area contributed by atoms with E-state index >= 15 is 0 Å². The van der Waals surface area contributed by atoms with Crippen molar-refractivity contribution in [3.63, 3.8) is 0 Å². The lowest BCUT2D eigenvalue weighted by Gasteiger charge is -2.00. The van der Waals surface area contributed by atoms with E-state index in [9.17, 15) is 18.0 Å². The quantitative estimate of drug-likeness (QED) is 0.298. The largest absolute Gasteiger partial charge is 0.294 e. The SMILES string of the molecule is Cl.N#N.O=C1C=CC(S(=O)(=O)O)=CC1=O. The third-order valence-electron chi connectivity index (χ3n) is 1.21. The second-order valence-corrected chi connectivity index (χ2v) is 3.51. The van der Waals surface area contributed by atoms with Gasteiger partial charge in [0, 0.05) is 16.9 Å². The smallest absolute Gasteiger partial charge is 0.286 e. The third-order valence-corrected chi connectivity index (χ3v) is 2.06. The Kier molecular flexibility index (Phi) is 6.38. The molecule has 0 amide bonds. The average Bonchev–Trinajstić information content (AvgIpc) is 2.11. The molecule has 0 atom stereocenters. The molecule has 1 aliphatic carbocycles. The molecule has 7 nitrogen and oxygen atoms in total. The van der Waals surface area contributed by atoms with Crippen LogP contribution in [0.15, 0.2) is 23.1 Å². The Morgan fingerprint density at radius 1 is 1.07 bits per heavy atom. The van der Waals surface area contributed by atoms with Crippen molar-refractivity contribution in [2.45, 2.75) is 0 Å². The zero-order valence-corrected chi connectivity index (χ0v) is 8.66. The van der Waals surface area contributed by atoms with Gasteiger partial charge in [0.1, 0.15) is 0 Å². The van der Waals surface area contributed by atoms with Crippen LogP contribution in [0.5, 0.6) is 0 Å². The van der Waals surface area contributed by atoms with E-state index in [0.717, 1.165) is 12.2 Å². The predicted molar refractivity (Wildman–Crippen MR) is 49.5 cm³/mol. The van der Waals surface area contributed by atoms with Gasteiger partial charge < -0.3 is 0 Å². The Morgan fingerprint density at radius 3 is 1.87 bits per heavy atom. The van der Waals surface area contributed by atoms with Crippen molar-refractivity contribution in [2.24, 2.45) is 0 Å². The molecule has 0 saturated heterocycles. The summed E-state index contributed by atoms with van der Waals surface area (Å²) in [5.74, 6) is -1.76. The first-order valence-corrected chi connectivity index (χ1v) is 4.51. The molecular formula is C6H5ClN2O5S. The monoisotopic (exact) mass is 252 g/mol. The van der Waals surface area contributed by atoms with Gasteiger partial charge >= 0.3 is 0 Å². The lowest BCUT2D eigenvalue weighted by Crippen LogP contribution is -2.14. The zero-order chi connectivity index (χ0) is 11.4. The van der Waals surface area contributed by atoms with Crippen LogP contribution in [-0.4, -0.2) is 24.5 Å². The maximum absolute atomic E-state index is 10.6. The minimum atomic E-state index is -4.38. The molecule has 0 aromatic carbocycles. The first kappa shape index (κ1) is 15.9. The predicted octanol–water partition coefficient (Wildman–Crippen LogP) is -0.0819. The van der Waals surface area contributed by atoms with E-state index in [2.05, 4.69) is 0 Å². The summed E-state index contributed by atoms with van der Waals surface area (Å²) in [6.45, 7) is 0. The van der Waals surface area contributed by atoms with Crippen LogP contribution in [0, 0.1) is 10.8 Å². The fourth-order valence-electron chi connectivity index (χ4n) is 0.649. The van der Waals surface area contributed by atoms with Crippen LogP contribution in [0.1, 0.15) is 0 Å². The normalized spacial score (nSPS) is 14.5. The van der Waals surface area contributed by atoms with E-state index in [0.29, 0.717) is 6.08 Å². The van der Waals surface area contributed by atoms with Gasteiger partial charge in [0.25, 0.3) is 10.1 Å². The second-order valence-electron chi connectivity index (χ2n) is 2.08. The van der Waals surface area contributed by atoms with Crippen LogP contribution in [0.4, 0.5) is 0 Å². The van der Waals surface area contributed by atoms with Gasteiger partial charge in [0.2, 0.25) is 11.6 Å². The van der Waals surface area contributed by atoms with Gasteiger partial charge in [-0.3, -0.25) is 14.1 Å².